The molecule has 96 heavy (non-hydrogen) atoms. The predicted molar refractivity (Wildman–Crippen MR) is 406 cm³/mol. The van der Waals surface area contributed by atoms with Gasteiger partial charge in [-0.1, -0.05) is 276 Å². The highest BCUT2D eigenvalue weighted by atomic mass is 16.5. The molecule has 0 saturated carbocycles. The molecule has 10 aromatic carbocycles. The van der Waals surface area contributed by atoms with Crippen molar-refractivity contribution >= 4 is 32.8 Å². The summed E-state index contributed by atoms with van der Waals surface area (Å²) in [4.78, 5) is 4.82. The van der Waals surface area contributed by atoms with Crippen molar-refractivity contribution < 1.29 is 27.1 Å². The molecule has 3 heterocycles. The molecule has 13 rings (SSSR count). The van der Waals surface area contributed by atoms with E-state index in [9.17, 15) is 2.74 Å². The number of para-hydroxylation sites is 1. The second-order valence-corrected chi connectivity index (χ2v) is 32.0. The van der Waals surface area contributed by atoms with Crippen molar-refractivity contribution in [2.24, 2.45) is 0 Å². The molecule has 13 aromatic rings. The van der Waals surface area contributed by atoms with E-state index in [1.54, 1.807) is 0 Å². The fourth-order valence-corrected chi connectivity index (χ4v) is 12.7. The molecule has 0 aliphatic heterocycles. The highest BCUT2D eigenvalue weighted by Crippen LogP contribution is 2.46. The van der Waals surface area contributed by atoms with Crippen LogP contribution in [-0.4, -0.2) is 14.1 Å². The van der Waals surface area contributed by atoms with Crippen LogP contribution in [0.25, 0.3) is 106 Å². The molecule has 0 fully saturated rings. The molecule has 0 saturated heterocycles. The van der Waals surface area contributed by atoms with Crippen LogP contribution in [0, 0.1) is 13.2 Å². The zero-order valence-corrected chi connectivity index (χ0v) is 58.8. The molecule has 5 heteroatoms. The first-order chi connectivity index (χ1) is 50.6. The van der Waals surface area contributed by atoms with E-state index in [0.717, 1.165) is 83.1 Å². The van der Waals surface area contributed by atoms with E-state index in [2.05, 4.69) is 213 Å². The van der Waals surface area contributed by atoms with Crippen molar-refractivity contribution in [1.29, 1.82) is 0 Å². The summed E-state index contributed by atoms with van der Waals surface area (Å²) in [6, 6.07) is 48.9. The van der Waals surface area contributed by atoms with Gasteiger partial charge in [-0.05, 0) is 189 Å². The highest BCUT2D eigenvalue weighted by Gasteiger charge is 2.30. The Kier molecular flexibility index (Phi) is 12.7. The SMILES string of the molecule is [2H]c1c([2H])c([2H])c(-c2cc(-c3cc(C(C)(C)C)cc(C(C)(C)C)c3)c(-[n+]3[c-]n(-c4cccc(Oc5ccc6c7ccccc7n(-c7cc(C([2H])([2H])[2H])c(-c8c([2H])c([2H])c([2H])c([2H])c8[2H])cn7)c6c5)c4)c4cc(-c5cc(C(C)(C)C)cc(C(C)(C)C)c5)ccc43)c(-c3cc(C(C)(C)C)cc(C(C)(C)C)c3)c2)c([2H])c1[2H]. The molecule has 0 spiro atoms. The number of aryl methyl sites for hydroxylation is 1. The van der Waals surface area contributed by atoms with Gasteiger partial charge in [0.2, 0.25) is 0 Å². The fourth-order valence-electron chi connectivity index (χ4n) is 12.7. The van der Waals surface area contributed by atoms with Crippen molar-refractivity contribution in [2.75, 3.05) is 0 Å². The van der Waals surface area contributed by atoms with Crippen LogP contribution < -0.4 is 9.30 Å². The molecule has 0 amide bonds. The molecule has 5 nitrogen and oxygen atoms in total. The topological polar surface area (TPSA) is 35.9 Å². The van der Waals surface area contributed by atoms with Crippen molar-refractivity contribution in [3.8, 4) is 84.3 Å². The number of aromatic nitrogens is 4. The van der Waals surface area contributed by atoms with Gasteiger partial charge in [-0.15, -0.1) is 0 Å². The van der Waals surface area contributed by atoms with Crippen LogP contribution in [0.5, 0.6) is 11.5 Å². The number of nitrogens with zero attached hydrogens (tertiary/aromatic N) is 4. The number of ether oxygens (including phenoxy) is 1. The standard InChI is InChI=1S/C91H94N4O/c1-58-41-84(92-56-79(58)60-31-24-21-25-32-60)95-80-36-27-26-35-75(80)76-39-38-74(55-82(76)95)96-73-34-28-33-72(54-73)93-57-94(81-40-37-61(50-83(81)93)62-42-66(86(2,3)4)51-67(43-62)87(5,6)7)85-77(64-44-68(88(8,9)10)52-69(45-64)89(11,12)13)48-63(59-29-22-20-23-30-59)49-78(85)65-46-70(90(14,15)16)53-71(47-65)91(17,18)19/h20-56H,1-19H3/i1D3,20D,21D,22D,23D,24D,25D,29D,30D,31D,32D. The van der Waals surface area contributed by atoms with Gasteiger partial charge >= 0.3 is 0 Å². The normalized spacial score (nSPS) is 14.8. The Morgan fingerprint density at radius 2 is 0.885 bits per heavy atom. The lowest BCUT2D eigenvalue weighted by Gasteiger charge is -2.29. The van der Waals surface area contributed by atoms with Crippen LogP contribution in [0.4, 0.5) is 0 Å². The Balaban J connectivity index is 1.10. The van der Waals surface area contributed by atoms with Gasteiger partial charge in [0.15, 0.2) is 0 Å². The van der Waals surface area contributed by atoms with Crippen LogP contribution in [0.3, 0.4) is 0 Å². The van der Waals surface area contributed by atoms with Gasteiger partial charge in [-0.2, -0.15) is 0 Å². The van der Waals surface area contributed by atoms with Crippen LogP contribution in [0.15, 0.2) is 224 Å². The minimum Gasteiger partial charge on any atom is -0.458 e. The molecule has 0 aliphatic carbocycles. The minimum atomic E-state index is -2.81. The van der Waals surface area contributed by atoms with E-state index >= 15 is 0 Å². The Bertz CT molecular complexity index is 5640. The van der Waals surface area contributed by atoms with Crippen molar-refractivity contribution in [1.82, 2.24) is 14.1 Å². The summed E-state index contributed by atoms with van der Waals surface area (Å²) in [6.45, 7) is 37.2. The minimum absolute atomic E-state index is 0.0834. The van der Waals surface area contributed by atoms with Gasteiger partial charge in [0, 0.05) is 32.7 Å². The van der Waals surface area contributed by atoms with Crippen LogP contribution >= 0.6 is 0 Å². The highest BCUT2D eigenvalue weighted by molar-refractivity contribution is 6.09. The number of rotatable bonds is 10. The maximum Gasteiger partial charge on any atom is 0.269 e. The average Bonchev–Trinajstić information content (AvgIpc) is 1.68. The summed E-state index contributed by atoms with van der Waals surface area (Å²) in [5, 5.41) is 1.67. The number of pyridine rings is 1. The third-order valence-corrected chi connectivity index (χ3v) is 18.6. The van der Waals surface area contributed by atoms with Gasteiger partial charge in [0.25, 0.3) is 6.33 Å². The van der Waals surface area contributed by atoms with E-state index in [0.29, 0.717) is 33.8 Å². The lowest BCUT2D eigenvalue weighted by Crippen LogP contribution is -2.32. The quantitative estimate of drug-likeness (QED) is 0.101. The molecule has 0 unspecified atom stereocenters. The first kappa shape index (κ1) is 50.8. The maximum atomic E-state index is 9.63. The summed E-state index contributed by atoms with van der Waals surface area (Å²) < 4.78 is 128. The summed E-state index contributed by atoms with van der Waals surface area (Å²) >= 11 is 0. The number of imidazole rings is 1. The average molecular weight is 1270 g/mol. The molecule has 0 bridgehead atoms. The molecule has 3 aromatic heterocycles. The second kappa shape index (κ2) is 24.0. The monoisotopic (exact) mass is 1270 g/mol. The number of hydrogen-bond acceptors (Lipinski definition) is 2. The van der Waals surface area contributed by atoms with Gasteiger partial charge in [-0.3, -0.25) is 13.7 Å². The Hall–Kier alpha value is -9.58. The second-order valence-electron chi connectivity index (χ2n) is 32.0. The Labute approximate surface area is 589 Å². The number of fused-ring (bicyclic) bond motifs is 4. The Morgan fingerprint density at radius 3 is 1.42 bits per heavy atom. The van der Waals surface area contributed by atoms with Crippen LogP contribution in [-0.2, 0) is 32.5 Å². The molecular weight excluding hydrogens is 1170 g/mol. The molecule has 484 valence electrons. The molecule has 0 aliphatic rings. The summed E-state index contributed by atoms with van der Waals surface area (Å²) in [5.41, 5.74) is 14.6. The van der Waals surface area contributed by atoms with Crippen molar-refractivity contribution in [3.63, 3.8) is 0 Å². The van der Waals surface area contributed by atoms with Gasteiger partial charge < -0.3 is 4.74 Å². The first-order valence-corrected chi connectivity index (χ1v) is 33.2. The maximum absolute atomic E-state index is 9.63. The summed E-state index contributed by atoms with van der Waals surface area (Å²) in [7, 11) is 0. The zero-order chi connectivity index (χ0) is 79.4. The van der Waals surface area contributed by atoms with Gasteiger partial charge in [0.1, 0.15) is 17.3 Å². The van der Waals surface area contributed by atoms with E-state index in [1.165, 1.54) is 23.4 Å². The van der Waals surface area contributed by atoms with Crippen molar-refractivity contribution in [2.45, 2.75) is 164 Å². The predicted octanol–water partition coefficient (Wildman–Crippen LogP) is 24.4. The molecule has 0 atom stereocenters. The first-order valence-electron chi connectivity index (χ1n) is 39.7. The molecule has 0 N–H and O–H groups in total. The largest absolute Gasteiger partial charge is 0.458 e. The van der Waals surface area contributed by atoms with Crippen LogP contribution in [0.2, 0.25) is 0 Å². The molecular formula is C91H94N4O. The van der Waals surface area contributed by atoms with Crippen molar-refractivity contribution in [3.05, 3.63) is 270 Å². The van der Waals surface area contributed by atoms with Gasteiger partial charge in [-0.25, -0.2) is 4.98 Å². The van der Waals surface area contributed by atoms with Gasteiger partial charge in [0.05, 0.1) is 47.1 Å². The number of benzene rings is 10. The third-order valence-electron chi connectivity index (χ3n) is 18.6. The molecule has 0 radical (unpaired) electrons. The van der Waals surface area contributed by atoms with E-state index in [1.807, 2.05) is 83.4 Å². The van der Waals surface area contributed by atoms with E-state index in [-0.39, 0.29) is 72.6 Å². The smallest absolute Gasteiger partial charge is 0.269 e. The third kappa shape index (κ3) is 12.8. The zero-order valence-electron chi connectivity index (χ0n) is 71.8. The van der Waals surface area contributed by atoms with Crippen LogP contribution in [0.1, 0.15) is 181 Å². The lowest BCUT2D eigenvalue weighted by atomic mass is 9.77. The fraction of sp³-hybridized carbons (Fsp3) is 0.275. The summed E-state index contributed by atoms with van der Waals surface area (Å²) in [6.07, 6.45) is 5.28. The lowest BCUT2D eigenvalue weighted by molar-refractivity contribution is -0.571. The Morgan fingerprint density at radius 1 is 0.396 bits per heavy atom. The summed E-state index contributed by atoms with van der Waals surface area (Å²) in [5.74, 6) is 1.14. The van der Waals surface area contributed by atoms with E-state index < -0.39 is 55.2 Å². The number of hydrogen-bond donors (Lipinski definition) is 0. The van der Waals surface area contributed by atoms with E-state index in [4.69, 9.17) is 24.8 Å².